The van der Waals surface area contributed by atoms with Gasteiger partial charge in [0, 0.05) is 13.2 Å². The second-order valence-corrected chi connectivity index (χ2v) is 4.03. The van der Waals surface area contributed by atoms with Crippen molar-refractivity contribution in [2.45, 2.75) is 19.3 Å². The van der Waals surface area contributed by atoms with E-state index in [1.54, 1.807) is 0 Å². The third-order valence-electron chi connectivity index (χ3n) is 3.70. The van der Waals surface area contributed by atoms with Gasteiger partial charge in [-0.15, -0.1) is 0 Å². The Morgan fingerprint density at radius 1 is 0.909 bits per heavy atom. The molecule has 11 heavy (non-hydrogen) atoms. The lowest BCUT2D eigenvalue weighted by atomic mass is 9.80. The van der Waals surface area contributed by atoms with Gasteiger partial charge in [-0.05, 0) is 42.9 Å². The molecule has 2 saturated carbocycles. The molecule has 2 N–H and O–H groups in total. The molecule has 64 valence electrons. The summed E-state index contributed by atoms with van der Waals surface area (Å²) in [6, 6.07) is 0. The zero-order valence-electron chi connectivity index (χ0n) is 6.74. The van der Waals surface area contributed by atoms with E-state index in [2.05, 4.69) is 0 Å². The average Bonchev–Trinajstić information content (AvgIpc) is 2.60. The normalized spacial score (nSPS) is 48.5. The Hall–Kier alpha value is -0.0800. The summed E-state index contributed by atoms with van der Waals surface area (Å²) in [5, 5.41) is 18.2. The van der Waals surface area contributed by atoms with Gasteiger partial charge in [0.1, 0.15) is 0 Å². The van der Waals surface area contributed by atoms with Crippen molar-refractivity contribution in [2.24, 2.45) is 23.7 Å². The van der Waals surface area contributed by atoms with Gasteiger partial charge in [0.2, 0.25) is 0 Å². The second-order valence-electron chi connectivity index (χ2n) is 4.03. The number of hydrogen-bond acceptors (Lipinski definition) is 2. The highest BCUT2D eigenvalue weighted by atomic mass is 16.3. The molecule has 2 nitrogen and oxygen atoms in total. The molecule has 2 fully saturated rings. The highest BCUT2D eigenvalue weighted by Crippen LogP contribution is 2.51. The molecule has 2 unspecified atom stereocenters. The number of aliphatic hydroxyl groups is 2. The number of rotatable bonds is 2. The highest BCUT2D eigenvalue weighted by molar-refractivity contribution is 4.95. The van der Waals surface area contributed by atoms with E-state index < -0.39 is 0 Å². The van der Waals surface area contributed by atoms with Crippen molar-refractivity contribution in [1.82, 2.24) is 0 Å². The van der Waals surface area contributed by atoms with E-state index in [-0.39, 0.29) is 13.2 Å². The van der Waals surface area contributed by atoms with Crippen molar-refractivity contribution in [3.05, 3.63) is 0 Å². The first-order chi connectivity index (χ1) is 5.36. The first kappa shape index (κ1) is 7.56. The molecule has 4 atom stereocenters. The lowest BCUT2D eigenvalue weighted by molar-refractivity contribution is 0.0791. The summed E-state index contributed by atoms with van der Waals surface area (Å²) in [5.74, 6) is 2.28. The van der Waals surface area contributed by atoms with Crippen LogP contribution in [0.2, 0.25) is 0 Å². The van der Waals surface area contributed by atoms with Gasteiger partial charge in [-0.1, -0.05) is 0 Å². The fraction of sp³-hybridized carbons (Fsp3) is 1.00. The Balaban J connectivity index is 2.08. The highest BCUT2D eigenvalue weighted by Gasteiger charge is 2.46. The molecule has 0 amide bonds. The molecule has 0 heterocycles. The summed E-state index contributed by atoms with van der Waals surface area (Å²) < 4.78 is 0. The molecule has 2 heteroatoms. The molecule has 0 spiro atoms. The van der Waals surface area contributed by atoms with Crippen LogP contribution >= 0.6 is 0 Å². The maximum Gasteiger partial charge on any atom is 0.0465 e. The molecule has 0 radical (unpaired) electrons. The molecule has 2 rings (SSSR count). The Bertz CT molecular complexity index is 130. The fourth-order valence-electron chi connectivity index (χ4n) is 3.10. The Morgan fingerprint density at radius 3 is 1.73 bits per heavy atom. The molecular formula is C9H16O2. The van der Waals surface area contributed by atoms with Gasteiger partial charge in [0.15, 0.2) is 0 Å². The van der Waals surface area contributed by atoms with E-state index in [0.29, 0.717) is 11.8 Å². The lowest BCUT2D eigenvalue weighted by Crippen LogP contribution is -2.27. The largest absolute Gasteiger partial charge is 0.396 e. The van der Waals surface area contributed by atoms with E-state index >= 15 is 0 Å². The van der Waals surface area contributed by atoms with Crippen LogP contribution in [-0.2, 0) is 0 Å². The SMILES string of the molecule is OC[C@@H]1C2CCC(C2)[C@@H]1CO. The predicted molar refractivity (Wildman–Crippen MR) is 42.0 cm³/mol. The van der Waals surface area contributed by atoms with Crippen LogP contribution in [0.4, 0.5) is 0 Å². The molecule has 0 saturated heterocycles. The zero-order chi connectivity index (χ0) is 7.84. The summed E-state index contributed by atoms with van der Waals surface area (Å²) in [7, 11) is 0. The molecule has 0 aromatic rings. The van der Waals surface area contributed by atoms with E-state index in [9.17, 15) is 0 Å². The zero-order valence-corrected chi connectivity index (χ0v) is 6.74. The molecule has 2 aliphatic carbocycles. The van der Waals surface area contributed by atoms with Crippen LogP contribution in [0.15, 0.2) is 0 Å². The smallest absolute Gasteiger partial charge is 0.0465 e. The average molecular weight is 156 g/mol. The topological polar surface area (TPSA) is 40.5 Å². The summed E-state index contributed by atoms with van der Waals surface area (Å²) >= 11 is 0. The summed E-state index contributed by atoms with van der Waals surface area (Å²) in [4.78, 5) is 0. The van der Waals surface area contributed by atoms with Gasteiger partial charge in [-0.25, -0.2) is 0 Å². The van der Waals surface area contributed by atoms with Crippen LogP contribution in [0, 0.1) is 23.7 Å². The fourth-order valence-corrected chi connectivity index (χ4v) is 3.10. The maximum atomic E-state index is 9.08. The Kier molecular flexibility index (Phi) is 1.90. The number of aliphatic hydroxyl groups excluding tert-OH is 2. The van der Waals surface area contributed by atoms with Gasteiger partial charge in [-0.2, -0.15) is 0 Å². The van der Waals surface area contributed by atoms with Crippen LogP contribution in [0.3, 0.4) is 0 Å². The second kappa shape index (κ2) is 2.76. The van der Waals surface area contributed by atoms with Crippen molar-refractivity contribution in [3.63, 3.8) is 0 Å². The molecular weight excluding hydrogens is 140 g/mol. The van der Waals surface area contributed by atoms with Crippen molar-refractivity contribution in [2.75, 3.05) is 13.2 Å². The quantitative estimate of drug-likeness (QED) is 0.615. The van der Waals surface area contributed by atoms with Gasteiger partial charge < -0.3 is 10.2 Å². The van der Waals surface area contributed by atoms with Crippen molar-refractivity contribution in [3.8, 4) is 0 Å². The molecule has 0 aliphatic heterocycles. The molecule has 0 aromatic heterocycles. The van der Waals surface area contributed by atoms with Crippen molar-refractivity contribution < 1.29 is 10.2 Å². The Labute approximate surface area is 67.2 Å². The molecule has 2 aliphatic rings. The van der Waals surface area contributed by atoms with Crippen LogP contribution in [0.25, 0.3) is 0 Å². The molecule has 2 bridgehead atoms. The van der Waals surface area contributed by atoms with Gasteiger partial charge in [-0.3, -0.25) is 0 Å². The third-order valence-corrected chi connectivity index (χ3v) is 3.70. The van der Waals surface area contributed by atoms with Gasteiger partial charge >= 0.3 is 0 Å². The standard InChI is InChI=1S/C9H16O2/c10-4-8-6-1-2-7(3-6)9(8)5-11/h6-11H,1-5H2/t6?,7?,8-,9+. The van der Waals surface area contributed by atoms with E-state index in [1.807, 2.05) is 0 Å². The minimum Gasteiger partial charge on any atom is -0.396 e. The first-order valence-electron chi connectivity index (χ1n) is 4.58. The first-order valence-corrected chi connectivity index (χ1v) is 4.58. The van der Waals surface area contributed by atoms with Gasteiger partial charge in [0.25, 0.3) is 0 Å². The van der Waals surface area contributed by atoms with E-state index in [1.165, 1.54) is 19.3 Å². The van der Waals surface area contributed by atoms with E-state index in [4.69, 9.17) is 10.2 Å². The van der Waals surface area contributed by atoms with Crippen LogP contribution in [0.5, 0.6) is 0 Å². The number of hydrogen-bond donors (Lipinski definition) is 2. The summed E-state index contributed by atoms with van der Waals surface area (Å²) in [5.41, 5.74) is 0. The lowest BCUT2D eigenvalue weighted by Gasteiger charge is -2.27. The third kappa shape index (κ3) is 1.00. The molecule has 0 aromatic carbocycles. The summed E-state index contributed by atoms with van der Waals surface area (Å²) in [6.07, 6.45) is 3.83. The van der Waals surface area contributed by atoms with Crippen molar-refractivity contribution in [1.29, 1.82) is 0 Å². The minimum atomic E-state index is 0.284. The van der Waals surface area contributed by atoms with Crippen LogP contribution in [0.1, 0.15) is 19.3 Å². The van der Waals surface area contributed by atoms with E-state index in [0.717, 1.165) is 11.8 Å². The minimum absolute atomic E-state index is 0.284. The maximum absolute atomic E-state index is 9.08. The van der Waals surface area contributed by atoms with Crippen molar-refractivity contribution >= 4 is 0 Å². The van der Waals surface area contributed by atoms with Crippen LogP contribution in [-0.4, -0.2) is 23.4 Å². The Morgan fingerprint density at radius 2 is 1.36 bits per heavy atom. The summed E-state index contributed by atoms with van der Waals surface area (Å²) in [6.45, 7) is 0.568. The van der Waals surface area contributed by atoms with Gasteiger partial charge in [0.05, 0.1) is 0 Å². The monoisotopic (exact) mass is 156 g/mol. The van der Waals surface area contributed by atoms with Crippen LogP contribution < -0.4 is 0 Å². The predicted octanol–water partition coefficient (Wildman–Crippen LogP) is 0.633. The number of fused-ring (bicyclic) bond motifs is 2.